The number of ether oxygens (including phenoxy) is 1. The Kier molecular flexibility index (Phi) is 5.88. The van der Waals surface area contributed by atoms with E-state index in [1.807, 2.05) is 72.8 Å². The van der Waals surface area contributed by atoms with Crippen LogP contribution in [0.2, 0.25) is 0 Å². The van der Waals surface area contributed by atoms with Gasteiger partial charge in [-0.25, -0.2) is 0 Å². The van der Waals surface area contributed by atoms with E-state index in [0.717, 1.165) is 15.6 Å². The van der Waals surface area contributed by atoms with Gasteiger partial charge < -0.3 is 9.64 Å². The number of carbonyl (C=O) groups is 2. The first-order chi connectivity index (χ1) is 14.1. The van der Waals surface area contributed by atoms with Crippen LogP contribution in [0.5, 0.6) is 0 Å². The van der Waals surface area contributed by atoms with Crippen LogP contribution in [-0.4, -0.2) is 28.8 Å². The summed E-state index contributed by atoms with van der Waals surface area (Å²) in [6.45, 7) is 0.932. The smallest absolute Gasteiger partial charge is 0.255 e. The standard InChI is InChI=1S/C24H20BrNO3/c25-20-13-11-19(12-14-20)21(27)22-23(29-22)24(28)26(15-17-7-3-1-4-8-17)16-18-9-5-2-6-10-18/h1-14,22-23H,15-16H2/t22-,23+/m0/s1. The summed E-state index contributed by atoms with van der Waals surface area (Å²) in [7, 11) is 0. The van der Waals surface area contributed by atoms with Crippen molar-refractivity contribution >= 4 is 27.6 Å². The lowest BCUT2D eigenvalue weighted by atomic mass is 10.1. The van der Waals surface area contributed by atoms with Gasteiger partial charge in [0, 0.05) is 23.1 Å². The van der Waals surface area contributed by atoms with Crippen molar-refractivity contribution in [2.45, 2.75) is 25.3 Å². The summed E-state index contributed by atoms with van der Waals surface area (Å²) < 4.78 is 6.43. The van der Waals surface area contributed by atoms with Crippen LogP contribution in [0.1, 0.15) is 21.5 Å². The first-order valence-corrected chi connectivity index (χ1v) is 10.2. The Hall–Kier alpha value is -2.76. The molecule has 0 bridgehead atoms. The molecule has 29 heavy (non-hydrogen) atoms. The minimum atomic E-state index is -0.724. The van der Waals surface area contributed by atoms with Gasteiger partial charge in [-0.05, 0) is 23.3 Å². The number of epoxide rings is 1. The van der Waals surface area contributed by atoms with Crippen molar-refractivity contribution in [1.29, 1.82) is 0 Å². The van der Waals surface area contributed by atoms with Crippen molar-refractivity contribution in [3.05, 3.63) is 106 Å². The monoisotopic (exact) mass is 449 g/mol. The highest BCUT2D eigenvalue weighted by molar-refractivity contribution is 9.10. The minimum Gasteiger partial charge on any atom is -0.350 e. The number of benzene rings is 3. The quantitative estimate of drug-likeness (QED) is 0.390. The lowest BCUT2D eigenvalue weighted by Crippen LogP contribution is -2.35. The molecule has 0 unspecified atom stereocenters. The molecule has 1 fully saturated rings. The zero-order valence-electron chi connectivity index (χ0n) is 15.7. The highest BCUT2D eigenvalue weighted by Gasteiger charge is 2.51. The SMILES string of the molecule is O=C(c1ccc(Br)cc1)[C@@H]1O[C@H]1C(=O)N(Cc1ccccc1)Cc1ccccc1. The molecule has 1 aliphatic heterocycles. The Morgan fingerprint density at radius 2 is 1.28 bits per heavy atom. The fourth-order valence-corrected chi connectivity index (χ4v) is 3.54. The van der Waals surface area contributed by atoms with Crippen LogP contribution in [0.4, 0.5) is 0 Å². The predicted octanol–water partition coefficient (Wildman–Crippen LogP) is 4.63. The molecular weight excluding hydrogens is 430 g/mol. The van der Waals surface area contributed by atoms with Gasteiger partial charge in [0.1, 0.15) is 0 Å². The van der Waals surface area contributed by atoms with Gasteiger partial charge in [0.25, 0.3) is 5.91 Å². The van der Waals surface area contributed by atoms with Crippen molar-refractivity contribution in [2.24, 2.45) is 0 Å². The van der Waals surface area contributed by atoms with Crippen molar-refractivity contribution < 1.29 is 14.3 Å². The maximum absolute atomic E-state index is 13.2. The van der Waals surface area contributed by atoms with E-state index in [1.165, 1.54) is 0 Å². The van der Waals surface area contributed by atoms with Gasteiger partial charge in [0.15, 0.2) is 18.0 Å². The van der Waals surface area contributed by atoms with Crippen LogP contribution in [0.25, 0.3) is 0 Å². The number of nitrogens with zero attached hydrogens (tertiary/aromatic N) is 1. The number of halogens is 1. The second-order valence-corrected chi connectivity index (χ2v) is 7.93. The highest BCUT2D eigenvalue weighted by Crippen LogP contribution is 2.29. The van der Waals surface area contributed by atoms with Crippen molar-refractivity contribution in [1.82, 2.24) is 4.90 Å². The predicted molar refractivity (Wildman–Crippen MR) is 114 cm³/mol. The fourth-order valence-electron chi connectivity index (χ4n) is 3.28. The van der Waals surface area contributed by atoms with Crippen LogP contribution >= 0.6 is 15.9 Å². The van der Waals surface area contributed by atoms with Crippen molar-refractivity contribution in [2.75, 3.05) is 0 Å². The average Bonchev–Trinajstić information content (AvgIpc) is 3.55. The third-order valence-electron chi connectivity index (χ3n) is 4.87. The highest BCUT2D eigenvalue weighted by atomic mass is 79.9. The third-order valence-corrected chi connectivity index (χ3v) is 5.39. The molecule has 1 aliphatic rings. The molecule has 3 aromatic rings. The zero-order chi connectivity index (χ0) is 20.2. The number of ketones is 1. The van der Waals surface area contributed by atoms with Crippen LogP contribution in [0.15, 0.2) is 89.4 Å². The van der Waals surface area contributed by atoms with Gasteiger partial charge in [-0.15, -0.1) is 0 Å². The average molecular weight is 450 g/mol. The number of rotatable bonds is 7. The molecule has 2 atom stereocenters. The molecule has 1 saturated heterocycles. The van der Waals surface area contributed by atoms with Crippen LogP contribution in [0.3, 0.4) is 0 Å². The molecule has 5 heteroatoms. The number of hydrogen-bond donors (Lipinski definition) is 0. The maximum atomic E-state index is 13.2. The molecule has 0 aromatic heterocycles. The Morgan fingerprint density at radius 3 is 1.79 bits per heavy atom. The Morgan fingerprint density at radius 1 is 0.759 bits per heavy atom. The van der Waals surface area contributed by atoms with Crippen molar-refractivity contribution in [3.8, 4) is 0 Å². The van der Waals surface area contributed by atoms with Gasteiger partial charge in [0.2, 0.25) is 0 Å². The molecule has 0 saturated carbocycles. The van der Waals surface area contributed by atoms with Crippen molar-refractivity contribution in [3.63, 3.8) is 0 Å². The lowest BCUT2D eigenvalue weighted by Gasteiger charge is -2.22. The molecule has 1 heterocycles. The van der Waals surface area contributed by atoms with E-state index in [9.17, 15) is 9.59 Å². The van der Waals surface area contributed by atoms with E-state index in [-0.39, 0.29) is 11.7 Å². The molecule has 3 aromatic carbocycles. The van der Waals surface area contributed by atoms with Crippen LogP contribution < -0.4 is 0 Å². The van der Waals surface area contributed by atoms with Gasteiger partial charge in [-0.1, -0.05) is 88.7 Å². The molecule has 1 amide bonds. The third kappa shape index (κ3) is 4.81. The molecule has 0 spiro atoms. The Labute approximate surface area is 178 Å². The Balaban J connectivity index is 1.49. The summed E-state index contributed by atoms with van der Waals surface area (Å²) in [5, 5.41) is 0. The maximum Gasteiger partial charge on any atom is 0.255 e. The normalized spacial score (nSPS) is 17.6. The van der Waals surface area contributed by atoms with Crippen LogP contribution in [0, 0.1) is 0 Å². The molecular formula is C24H20BrNO3. The summed E-state index contributed by atoms with van der Waals surface area (Å²) in [6, 6.07) is 26.8. The molecule has 0 aliphatic carbocycles. The van der Waals surface area contributed by atoms with Gasteiger partial charge in [0.05, 0.1) is 0 Å². The van der Waals surface area contributed by atoms with E-state index in [4.69, 9.17) is 4.74 Å². The van der Waals surface area contributed by atoms with Gasteiger partial charge in [-0.3, -0.25) is 9.59 Å². The first kappa shape index (κ1) is 19.6. The molecule has 4 rings (SSSR count). The summed E-state index contributed by atoms with van der Waals surface area (Å²) in [5.74, 6) is -0.316. The van der Waals surface area contributed by atoms with E-state index >= 15 is 0 Å². The number of amides is 1. The number of carbonyl (C=O) groups excluding carboxylic acids is 2. The molecule has 146 valence electrons. The largest absolute Gasteiger partial charge is 0.350 e. The van der Waals surface area contributed by atoms with E-state index < -0.39 is 12.2 Å². The zero-order valence-corrected chi connectivity index (χ0v) is 17.3. The summed E-state index contributed by atoms with van der Waals surface area (Å²) >= 11 is 3.36. The second kappa shape index (κ2) is 8.72. The lowest BCUT2D eigenvalue weighted by molar-refractivity contribution is -0.133. The van der Waals surface area contributed by atoms with E-state index in [2.05, 4.69) is 15.9 Å². The minimum absolute atomic E-state index is 0.157. The topological polar surface area (TPSA) is 49.9 Å². The van der Waals surface area contributed by atoms with E-state index in [1.54, 1.807) is 17.0 Å². The van der Waals surface area contributed by atoms with Crippen LogP contribution in [-0.2, 0) is 22.6 Å². The summed E-state index contributed by atoms with van der Waals surface area (Å²) in [6.07, 6.45) is -1.43. The Bertz CT molecular complexity index is 948. The summed E-state index contributed by atoms with van der Waals surface area (Å²) in [4.78, 5) is 27.6. The van der Waals surface area contributed by atoms with E-state index in [0.29, 0.717) is 18.7 Å². The fraction of sp³-hybridized carbons (Fsp3) is 0.167. The summed E-state index contributed by atoms with van der Waals surface area (Å²) in [5.41, 5.74) is 2.62. The van der Waals surface area contributed by atoms with Gasteiger partial charge >= 0.3 is 0 Å². The number of Topliss-reactive ketones (excluding diaryl/α,β-unsaturated/α-hetero) is 1. The number of hydrogen-bond acceptors (Lipinski definition) is 3. The molecule has 0 N–H and O–H groups in total. The molecule has 0 radical (unpaired) electrons. The molecule has 4 nitrogen and oxygen atoms in total. The van der Waals surface area contributed by atoms with Gasteiger partial charge in [-0.2, -0.15) is 0 Å². The first-order valence-electron chi connectivity index (χ1n) is 9.44. The second-order valence-electron chi connectivity index (χ2n) is 7.01.